The van der Waals surface area contributed by atoms with Crippen LogP contribution in [-0.2, 0) is 38.4 Å². The maximum absolute atomic E-state index is 13.6. The summed E-state index contributed by atoms with van der Waals surface area (Å²) in [7, 11) is 0. The summed E-state index contributed by atoms with van der Waals surface area (Å²) in [6.45, 7) is 0.389. The molecule has 4 unspecified atom stereocenters. The van der Waals surface area contributed by atoms with Crippen molar-refractivity contribution in [2.45, 2.75) is 62.7 Å². The number of unbranched alkanes of at least 4 members (excludes halogenated alkanes) is 1. The number of carboxylic acid groups (broad SMARTS) is 1. The fraction of sp³-hybridized carbons (Fsp3) is 0.333. The molecular formula is C33H41N5O6. The lowest BCUT2D eigenvalue weighted by molar-refractivity contribution is -0.142. The van der Waals surface area contributed by atoms with Crippen molar-refractivity contribution in [2.75, 3.05) is 6.54 Å². The second kappa shape index (κ2) is 17.4. The van der Waals surface area contributed by atoms with Crippen LogP contribution < -0.4 is 27.4 Å². The number of hydrogen-bond donors (Lipinski definition) is 7. The van der Waals surface area contributed by atoms with Crippen LogP contribution in [0.1, 0.15) is 36.0 Å². The van der Waals surface area contributed by atoms with Gasteiger partial charge in [-0.1, -0.05) is 72.8 Å². The molecule has 11 heteroatoms. The van der Waals surface area contributed by atoms with Gasteiger partial charge in [0, 0.05) is 12.8 Å². The summed E-state index contributed by atoms with van der Waals surface area (Å²) in [6, 6.07) is 20.0. The summed E-state index contributed by atoms with van der Waals surface area (Å²) < 4.78 is 0. The number of phenolic OH excluding ortho intramolecular Hbond substituents is 1. The zero-order valence-corrected chi connectivity index (χ0v) is 24.5. The first-order valence-corrected chi connectivity index (χ1v) is 14.6. The minimum atomic E-state index is -1.21. The van der Waals surface area contributed by atoms with Crippen molar-refractivity contribution in [2.24, 2.45) is 11.5 Å². The van der Waals surface area contributed by atoms with Crippen LogP contribution in [0.4, 0.5) is 0 Å². The molecule has 0 heterocycles. The Balaban J connectivity index is 1.76. The number of amides is 3. The standard InChI is InChI=1S/C33H41N5O6/c34-18-8-7-13-27(31(41)38-29(33(43)44)21-23-11-5-2-6-12-23)36-32(42)28(20-22-9-3-1-4-10-22)37-30(40)26(35)19-24-14-16-25(39)17-15-24/h1-6,9-12,14-17,26-29,39H,7-8,13,18-21,34-35H2,(H,36,42)(H,37,40)(H,38,41)(H,43,44). The van der Waals surface area contributed by atoms with Gasteiger partial charge in [0.25, 0.3) is 0 Å². The highest BCUT2D eigenvalue weighted by Gasteiger charge is 2.30. The Morgan fingerprint density at radius 3 is 1.64 bits per heavy atom. The number of carbonyl (C=O) groups is 4. The Bertz CT molecular complexity index is 1350. The second-order valence-electron chi connectivity index (χ2n) is 10.7. The van der Waals surface area contributed by atoms with Crippen LogP contribution in [0.3, 0.4) is 0 Å². The Labute approximate surface area is 257 Å². The highest BCUT2D eigenvalue weighted by atomic mass is 16.4. The van der Waals surface area contributed by atoms with Crippen LogP contribution in [-0.4, -0.2) is 64.6 Å². The maximum atomic E-state index is 13.6. The number of hydrogen-bond acceptors (Lipinski definition) is 7. The minimum absolute atomic E-state index is 0.0665. The molecule has 4 atom stereocenters. The molecule has 3 amide bonds. The van der Waals surface area contributed by atoms with E-state index in [4.69, 9.17) is 11.5 Å². The van der Waals surface area contributed by atoms with Gasteiger partial charge in [0.2, 0.25) is 17.7 Å². The third-order valence-electron chi connectivity index (χ3n) is 7.12. The molecule has 0 aliphatic rings. The average Bonchev–Trinajstić information content (AvgIpc) is 3.01. The molecule has 0 bridgehead atoms. The van der Waals surface area contributed by atoms with Crippen LogP contribution in [0, 0.1) is 0 Å². The van der Waals surface area contributed by atoms with Crippen molar-refractivity contribution >= 4 is 23.7 Å². The van der Waals surface area contributed by atoms with Gasteiger partial charge < -0.3 is 37.6 Å². The number of aliphatic carboxylic acids is 1. The van der Waals surface area contributed by atoms with Gasteiger partial charge in [0.1, 0.15) is 23.9 Å². The Morgan fingerprint density at radius 2 is 1.09 bits per heavy atom. The molecule has 0 aliphatic heterocycles. The summed E-state index contributed by atoms with van der Waals surface area (Å²) in [5.41, 5.74) is 14.1. The predicted molar refractivity (Wildman–Crippen MR) is 166 cm³/mol. The minimum Gasteiger partial charge on any atom is -0.508 e. The van der Waals surface area contributed by atoms with Crippen molar-refractivity contribution in [1.29, 1.82) is 0 Å². The highest BCUT2D eigenvalue weighted by molar-refractivity contribution is 5.94. The summed E-state index contributed by atoms with van der Waals surface area (Å²) >= 11 is 0. The Morgan fingerprint density at radius 1 is 0.614 bits per heavy atom. The molecule has 11 nitrogen and oxygen atoms in total. The van der Waals surface area contributed by atoms with Gasteiger partial charge in [-0.25, -0.2) is 4.79 Å². The molecule has 0 aromatic heterocycles. The van der Waals surface area contributed by atoms with E-state index in [0.717, 1.165) is 16.7 Å². The lowest BCUT2D eigenvalue weighted by Crippen LogP contribution is -2.58. The number of rotatable bonds is 17. The normalized spacial score (nSPS) is 13.6. The van der Waals surface area contributed by atoms with E-state index < -0.39 is 47.9 Å². The Kier molecular flexibility index (Phi) is 13.3. The van der Waals surface area contributed by atoms with E-state index in [-0.39, 0.29) is 31.4 Å². The molecule has 0 saturated carbocycles. The molecule has 9 N–H and O–H groups in total. The Hall–Kier alpha value is -4.74. The molecular weight excluding hydrogens is 562 g/mol. The van der Waals surface area contributed by atoms with Gasteiger partial charge in [-0.15, -0.1) is 0 Å². The quantitative estimate of drug-likeness (QED) is 0.112. The number of nitrogens with one attached hydrogen (secondary N) is 3. The molecule has 234 valence electrons. The van der Waals surface area contributed by atoms with Crippen molar-refractivity contribution in [1.82, 2.24) is 16.0 Å². The van der Waals surface area contributed by atoms with Crippen LogP contribution in [0.25, 0.3) is 0 Å². The van der Waals surface area contributed by atoms with Gasteiger partial charge in [-0.2, -0.15) is 0 Å². The number of nitrogens with two attached hydrogens (primary N) is 2. The predicted octanol–water partition coefficient (Wildman–Crippen LogP) is 1.42. The van der Waals surface area contributed by atoms with E-state index in [1.165, 1.54) is 12.1 Å². The van der Waals surface area contributed by atoms with E-state index in [0.29, 0.717) is 19.4 Å². The van der Waals surface area contributed by atoms with Gasteiger partial charge in [0.05, 0.1) is 6.04 Å². The smallest absolute Gasteiger partial charge is 0.326 e. The third kappa shape index (κ3) is 11.2. The van der Waals surface area contributed by atoms with Crippen molar-refractivity contribution < 1.29 is 29.4 Å². The zero-order chi connectivity index (χ0) is 31.9. The number of phenols is 1. The molecule has 3 aromatic rings. The van der Waals surface area contributed by atoms with E-state index in [9.17, 15) is 29.4 Å². The van der Waals surface area contributed by atoms with Crippen LogP contribution in [0.2, 0.25) is 0 Å². The van der Waals surface area contributed by atoms with Crippen LogP contribution in [0.15, 0.2) is 84.9 Å². The number of aromatic hydroxyl groups is 1. The van der Waals surface area contributed by atoms with Crippen LogP contribution >= 0.6 is 0 Å². The summed E-state index contributed by atoms with van der Waals surface area (Å²) in [5.74, 6) is -2.93. The molecule has 44 heavy (non-hydrogen) atoms. The molecule has 0 saturated heterocycles. The molecule has 3 aromatic carbocycles. The molecule has 0 fully saturated rings. The summed E-state index contributed by atoms with van der Waals surface area (Å²) in [5, 5.41) is 27.3. The number of benzene rings is 3. The molecule has 0 aliphatic carbocycles. The monoisotopic (exact) mass is 603 g/mol. The van der Waals surface area contributed by atoms with E-state index in [2.05, 4.69) is 16.0 Å². The number of carboxylic acids is 1. The number of carbonyl (C=O) groups excluding carboxylic acids is 3. The first-order chi connectivity index (χ1) is 21.2. The molecule has 0 spiro atoms. The largest absolute Gasteiger partial charge is 0.508 e. The van der Waals surface area contributed by atoms with Gasteiger partial charge in [0.15, 0.2) is 0 Å². The molecule has 0 radical (unpaired) electrons. The van der Waals surface area contributed by atoms with Gasteiger partial charge in [-0.05, 0) is 61.1 Å². The summed E-state index contributed by atoms with van der Waals surface area (Å²) in [6.07, 6.45) is 1.71. The maximum Gasteiger partial charge on any atom is 0.326 e. The first-order valence-electron chi connectivity index (χ1n) is 14.6. The van der Waals surface area contributed by atoms with E-state index >= 15 is 0 Å². The van der Waals surface area contributed by atoms with Crippen molar-refractivity contribution in [3.63, 3.8) is 0 Å². The first kappa shape index (κ1) is 33.8. The SMILES string of the molecule is NCCCCC(NC(=O)C(Cc1ccccc1)NC(=O)C(N)Cc1ccc(O)cc1)C(=O)NC(Cc1ccccc1)C(=O)O. The highest BCUT2D eigenvalue weighted by Crippen LogP contribution is 2.12. The summed E-state index contributed by atoms with van der Waals surface area (Å²) in [4.78, 5) is 52.1. The zero-order valence-electron chi connectivity index (χ0n) is 24.5. The topological polar surface area (TPSA) is 197 Å². The van der Waals surface area contributed by atoms with Crippen molar-refractivity contribution in [3.8, 4) is 5.75 Å². The van der Waals surface area contributed by atoms with Gasteiger partial charge >= 0.3 is 5.97 Å². The van der Waals surface area contributed by atoms with Crippen molar-refractivity contribution in [3.05, 3.63) is 102 Å². The third-order valence-corrected chi connectivity index (χ3v) is 7.12. The second-order valence-corrected chi connectivity index (χ2v) is 10.7. The van der Waals surface area contributed by atoms with Gasteiger partial charge in [-0.3, -0.25) is 14.4 Å². The van der Waals surface area contributed by atoms with E-state index in [1.807, 2.05) is 36.4 Å². The lowest BCUT2D eigenvalue weighted by Gasteiger charge is -2.25. The lowest BCUT2D eigenvalue weighted by atomic mass is 10.0. The fourth-order valence-corrected chi connectivity index (χ4v) is 4.67. The van der Waals surface area contributed by atoms with Crippen LogP contribution in [0.5, 0.6) is 5.75 Å². The fourth-order valence-electron chi connectivity index (χ4n) is 4.67. The van der Waals surface area contributed by atoms with E-state index in [1.54, 1.807) is 36.4 Å². The average molecular weight is 604 g/mol. The molecule has 3 rings (SSSR count).